The number of nitrogens with one attached hydrogen (secondary N) is 2. The maximum absolute atomic E-state index is 12.4. The number of H-pyrrole nitrogens is 1. The summed E-state index contributed by atoms with van der Waals surface area (Å²) in [5, 5.41) is 7.31. The standard InChI is InChI=1S/C19H27N5O2/c1-3-6-15-12-18(26)22-19(20-15)24-16(11-13(2)23-24)21-17(25)10-9-14-7-4-5-8-14/h11-12,14H,3-10H2,1-2H3,(H,21,25)(H,20,22,26). The van der Waals surface area contributed by atoms with Crippen LogP contribution >= 0.6 is 0 Å². The van der Waals surface area contributed by atoms with Crippen molar-refractivity contribution in [1.82, 2.24) is 19.7 Å². The Hall–Kier alpha value is -2.44. The van der Waals surface area contributed by atoms with Crippen LogP contribution in [0.25, 0.3) is 5.95 Å². The second-order valence-electron chi connectivity index (χ2n) is 7.13. The number of aromatic nitrogens is 4. The zero-order valence-electron chi connectivity index (χ0n) is 15.5. The number of hydrogen-bond donors (Lipinski definition) is 2. The van der Waals surface area contributed by atoms with Gasteiger partial charge in [0.2, 0.25) is 11.9 Å². The Morgan fingerprint density at radius 3 is 2.85 bits per heavy atom. The van der Waals surface area contributed by atoms with E-state index in [0.717, 1.165) is 30.7 Å². The molecule has 1 aliphatic carbocycles. The van der Waals surface area contributed by atoms with Gasteiger partial charge in [0.25, 0.3) is 5.56 Å². The molecule has 0 saturated heterocycles. The molecule has 1 amide bonds. The van der Waals surface area contributed by atoms with Gasteiger partial charge >= 0.3 is 0 Å². The summed E-state index contributed by atoms with van der Waals surface area (Å²) in [5.41, 5.74) is 1.25. The van der Waals surface area contributed by atoms with Crippen LogP contribution in [0.15, 0.2) is 16.9 Å². The van der Waals surface area contributed by atoms with Gasteiger partial charge in [0, 0.05) is 24.2 Å². The molecule has 3 rings (SSSR count). The molecule has 0 spiro atoms. The Morgan fingerprint density at radius 2 is 2.12 bits per heavy atom. The Labute approximate surface area is 153 Å². The first-order valence-corrected chi connectivity index (χ1v) is 9.52. The smallest absolute Gasteiger partial charge is 0.252 e. The minimum Gasteiger partial charge on any atom is -0.310 e. The van der Waals surface area contributed by atoms with Crippen molar-refractivity contribution in [3.63, 3.8) is 0 Å². The number of aryl methyl sites for hydroxylation is 2. The molecular formula is C19H27N5O2. The largest absolute Gasteiger partial charge is 0.310 e. The lowest BCUT2D eigenvalue weighted by Crippen LogP contribution is -2.19. The van der Waals surface area contributed by atoms with Gasteiger partial charge in [0.05, 0.1) is 5.69 Å². The van der Waals surface area contributed by atoms with Crippen molar-refractivity contribution in [3.05, 3.63) is 33.9 Å². The Morgan fingerprint density at radius 1 is 1.35 bits per heavy atom. The number of amides is 1. The fourth-order valence-electron chi connectivity index (χ4n) is 3.57. The molecule has 7 heteroatoms. The van der Waals surface area contributed by atoms with Gasteiger partial charge in [0.15, 0.2) is 0 Å². The molecule has 7 nitrogen and oxygen atoms in total. The van der Waals surface area contributed by atoms with Crippen molar-refractivity contribution in [1.29, 1.82) is 0 Å². The molecule has 2 N–H and O–H groups in total. The first kappa shape index (κ1) is 18.4. The number of carbonyl (C=O) groups is 1. The number of carbonyl (C=O) groups excluding carboxylic acids is 1. The average molecular weight is 357 g/mol. The highest BCUT2D eigenvalue weighted by atomic mass is 16.1. The molecule has 2 aromatic heterocycles. The van der Waals surface area contributed by atoms with E-state index in [4.69, 9.17) is 0 Å². The minimum absolute atomic E-state index is 0.0230. The van der Waals surface area contributed by atoms with E-state index in [1.807, 2.05) is 13.8 Å². The summed E-state index contributed by atoms with van der Waals surface area (Å²) < 4.78 is 1.50. The molecule has 2 heterocycles. The second kappa shape index (κ2) is 8.29. The number of anilines is 1. The molecule has 1 aliphatic rings. The van der Waals surface area contributed by atoms with Crippen LogP contribution in [0.1, 0.15) is 63.3 Å². The van der Waals surface area contributed by atoms with Gasteiger partial charge in [-0.1, -0.05) is 39.0 Å². The summed E-state index contributed by atoms with van der Waals surface area (Å²) >= 11 is 0. The second-order valence-corrected chi connectivity index (χ2v) is 7.13. The molecule has 0 aliphatic heterocycles. The van der Waals surface area contributed by atoms with Crippen LogP contribution in [0.4, 0.5) is 5.82 Å². The number of rotatable bonds is 7. The van der Waals surface area contributed by atoms with E-state index < -0.39 is 0 Å². The van der Waals surface area contributed by atoms with Crippen molar-refractivity contribution in [2.24, 2.45) is 5.92 Å². The Kier molecular flexibility index (Phi) is 5.85. The van der Waals surface area contributed by atoms with Gasteiger partial charge in [-0.05, 0) is 25.7 Å². The predicted octanol–water partition coefficient (Wildman–Crippen LogP) is 3.13. The van der Waals surface area contributed by atoms with Crippen molar-refractivity contribution in [2.75, 3.05) is 5.32 Å². The van der Waals surface area contributed by atoms with E-state index >= 15 is 0 Å². The lowest BCUT2D eigenvalue weighted by atomic mass is 10.0. The highest BCUT2D eigenvalue weighted by Crippen LogP contribution is 2.28. The van der Waals surface area contributed by atoms with Gasteiger partial charge in [-0.3, -0.25) is 14.6 Å². The predicted molar refractivity (Wildman–Crippen MR) is 101 cm³/mol. The van der Waals surface area contributed by atoms with Crippen LogP contribution in [-0.4, -0.2) is 25.7 Å². The Bertz CT molecular complexity index is 818. The van der Waals surface area contributed by atoms with E-state index in [2.05, 4.69) is 20.4 Å². The zero-order chi connectivity index (χ0) is 18.5. The van der Waals surface area contributed by atoms with Crippen LogP contribution in [0.3, 0.4) is 0 Å². The quantitative estimate of drug-likeness (QED) is 0.796. The van der Waals surface area contributed by atoms with Gasteiger partial charge in [-0.2, -0.15) is 9.78 Å². The first-order valence-electron chi connectivity index (χ1n) is 9.52. The SMILES string of the molecule is CCCc1cc(=O)[nH]c(-n2nc(C)cc2NC(=O)CCC2CCCC2)n1. The average Bonchev–Trinajstić information content (AvgIpc) is 3.22. The molecule has 1 fully saturated rings. The number of nitrogens with zero attached hydrogens (tertiary/aromatic N) is 3. The van der Waals surface area contributed by atoms with Crippen molar-refractivity contribution < 1.29 is 4.79 Å². The summed E-state index contributed by atoms with van der Waals surface area (Å²) in [7, 11) is 0. The summed E-state index contributed by atoms with van der Waals surface area (Å²) in [6.45, 7) is 3.88. The summed E-state index contributed by atoms with van der Waals surface area (Å²) in [6.07, 6.45) is 8.10. The summed E-state index contributed by atoms with van der Waals surface area (Å²) in [6, 6.07) is 3.29. The zero-order valence-corrected chi connectivity index (χ0v) is 15.5. The van der Waals surface area contributed by atoms with Crippen LogP contribution in [-0.2, 0) is 11.2 Å². The normalized spacial score (nSPS) is 14.7. The van der Waals surface area contributed by atoms with Gasteiger partial charge in [-0.15, -0.1) is 0 Å². The molecule has 26 heavy (non-hydrogen) atoms. The number of aromatic amines is 1. The Balaban J connectivity index is 1.75. The molecule has 0 aromatic carbocycles. The molecule has 0 bridgehead atoms. The summed E-state index contributed by atoms with van der Waals surface area (Å²) in [4.78, 5) is 31.5. The van der Waals surface area contributed by atoms with Crippen molar-refractivity contribution in [2.45, 2.75) is 65.2 Å². The molecule has 0 atom stereocenters. The van der Waals surface area contributed by atoms with Gasteiger partial charge in [-0.25, -0.2) is 4.98 Å². The molecule has 2 aromatic rings. The van der Waals surface area contributed by atoms with Crippen LogP contribution in [0.2, 0.25) is 0 Å². The van der Waals surface area contributed by atoms with E-state index in [-0.39, 0.29) is 11.5 Å². The minimum atomic E-state index is -0.217. The number of hydrogen-bond acceptors (Lipinski definition) is 4. The van der Waals surface area contributed by atoms with Crippen molar-refractivity contribution in [3.8, 4) is 5.95 Å². The lowest BCUT2D eigenvalue weighted by molar-refractivity contribution is -0.116. The highest BCUT2D eigenvalue weighted by Gasteiger charge is 2.18. The third-order valence-electron chi connectivity index (χ3n) is 4.84. The fourth-order valence-corrected chi connectivity index (χ4v) is 3.57. The first-order chi connectivity index (χ1) is 12.5. The molecular weight excluding hydrogens is 330 g/mol. The molecule has 0 unspecified atom stereocenters. The third kappa shape index (κ3) is 4.59. The van der Waals surface area contributed by atoms with Crippen LogP contribution in [0, 0.1) is 12.8 Å². The fraction of sp³-hybridized carbons (Fsp3) is 0.579. The van der Waals surface area contributed by atoms with Crippen LogP contribution < -0.4 is 10.9 Å². The van der Waals surface area contributed by atoms with E-state index in [1.165, 1.54) is 36.4 Å². The maximum Gasteiger partial charge on any atom is 0.252 e. The topological polar surface area (TPSA) is 92.7 Å². The summed E-state index contributed by atoms with van der Waals surface area (Å²) in [5.74, 6) is 1.53. The molecule has 140 valence electrons. The van der Waals surface area contributed by atoms with Crippen molar-refractivity contribution >= 4 is 11.7 Å². The highest BCUT2D eigenvalue weighted by molar-refractivity contribution is 5.90. The molecule has 0 radical (unpaired) electrons. The monoisotopic (exact) mass is 357 g/mol. The molecule has 1 saturated carbocycles. The van der Waals surface area contributed by atoms with Gasteiger partial charge in [0.1, 0.15) is 5.82 Å². The van der Waals surface area contributed by atoms with E-state index in [0.29, 0.717) is 24.1 Å². The maximum atomic E-state index is 12.4. The lowest BCUT2D eigenvalue weighted by Gasteiger charge is -2.11. The van der Waals surface area contributed by atoms with E-state index in [9.17, 15) is 9.59 Å². The van der Waals surface area contributed by atoms with Crippen LogP contribution in [0.5, 0.6) is 0 Å². The van der Waals surface area contributed by atoms with Gasteiger partial charge < -0.3 is 5.32 Å². The third-order valence-corrected chi connectivity index (χ3v) is 4.84. The van der Waals surface area contributed by atoms with E-state index in [1.54, 1.807) is 6.07 Å².